The van der Waals surface area contributed by atoms with Crippen LogP contribution in [0.15, 0.2) is 47.0 Å². The Balaban J connectivity index is 1.23. The van der Waals surface area contributed by atoms with Gasteiger partial charge in [0.25, 0.3) is 0 Å². The Labute approximate surface area is 169 Å². The molecule has 0 unspecified atom stereocenters. The van der Waals surface area contributed by atoms with Gasteiger partial charge in [0, 0.05) is 29.5 Å². The zero-order chi connectivity index (χ0) is 20.2. The van der Waals surface area contributed by atoms with Crippen LogP contribution in [-0.4, -0.2) is 42.1 Å². The highest BCUT2D eigenvalue weighted by Crippen LogP contribution is 2.32. The minimum atomic E-state index is -0.301. The number of Topliss-reactive ketones (excluding diaryl/α,β-unsaturated/α-hetero) is 1. The predicted octanol–water partition coefficient (Wildman–Crippen LogP) is 4.82. The summed E-state index contributed by atoms with van der Waals surface area (Å²) >= 11 is 0. The number of benzene rings is 2. The van der Waals surface area contributed by atoms with Crippen LogP contribution in [0.2, 0.25) is 0 Å². The molecule has 0 saturated carbocycles. The molecule has 1 aliphatic rings. The van der Waals surface area contributed by atoms with Gasteiger partial charge in [-0.1, -0.05) is 17.3 Å². The summed E-state index contributed by atoms with van der Waals surface area (Å²) < 4.78 is 24.4. The molecule has 0 amide bonds. The number of hydrogen-bond donors (Lipinski definition) is 0. The van der Waals surface area contributed by atoms with Gasteiger partial charge in [-0.3, -0.25) is 4.79 Å². The van der Waals surface area contributed by atoms with E-state index < -0.39 is 0 Å². The molecule has 4 rings (SSSR count). The second kappa shape index (κ2) is 8.74. The Morgan fingerprint density at radius 1 is 1.24 bits per heavy atom. The number of ether oxygens (including phenoxy) is 1. The summed E-state index contributed by atoms with van der Waals surface area (Å²) in [6.45, 7) is 5.16. The first-order valence-electron chi connectivity index (χ1n) is 10.1. The van der Waals surface area contributed by atoms with Crippen molar-refractivity contribution in [1.29, 1.82) is 0 Å². The summed E-state index contributed by atoms with van der Waals surface area (Å²) in [5.74, 6) is 0.836. The van der Waals surface area contributed by atoms with E-state index in [4.69, 9.17) is 9.26 Å². The fourth-order valence-electron chi connectivity index (χ4n) is 3.94. The predicted molar refractivity (Wildman–Crippen MR) is 109 cm³/mol. The van der Waals surface area contributed by atoms with Crippen LogP contribution in [0.4, 0.5) is 4.39 Å². The van der Waals surface area contributed by atoms with Crippen LogP contribution in [-0.2, 0) is 0 Å². The molecule has 29 heavy (non-hydrogen) atoms. The molecule has 2 aromatic carbocycles. The van der Waals surface area contributed by atoms with Gasteiger partial charge >= 0.3 is 0 Å². The number of likely N-dealkylation sites (tertiary alicyclic amines) is 1. The monoisotopic (exact) mass is 396 g/mol. The fourth-order valence-corrected chi connectivity index (χ4v) is 3.94. The summed E-state index contributed by atoms with van der Waals surface area (Å²) in [5, 5.41) is 5.13. The quantitative estimate of drug-likeness (QED) is 0.423. The van der Waals surface area contributed by atoms with Crippen molar-refractivity contribution in [3.8, 4) is 5.75 Å². The lowest BCUT2D eigenvalue weighted by molar-refractivity contribution is 0.101. The maximum atomic E-state index is 13.3. The standard InChI is InChI=1S/C23H25FN2O3/c1-16(27)18-4-2-5-20(14-18)28-13-3-10-26-11-8-17(9-12-26)23-21-7-6-19(24)15-22(21)29-25-23/h2,4-7,14-15,17H,3,8-13H2,1H3. The lowest BCUT2D eigenvalue weighted by Crippen LogP contribution is -2.34. The van der Waals surface area contributed by atoms with E-state index in [2.05, 4.69) is 10.1 Å². The van der Waals surface area contributed by atoms with Gasteiger partial charge in [-0.25, -0.2) is 4.39 Å². The number of carbonyl (C=O) groups excluding carboxylic acids is 1. The van der Waals surface area contributed by atoms with E-state index in [9.17, 15) is 9.18 Å². The molecule has 1 fully saturated rings. The topological polar surface area (TPSA) is 55.6 Å². The van der Waals surface area contributed by atoms with Crippen molar-refractivity contribution in [3.63, 3.8) is 0 Å². The summed E-state index contributed by atoms with van der Waals surface area (Å²) in [7, 11) is 0. The Morgan fingerprint density at radius 2 is 2.07 bits per heavy atom. The number of carbonyl (C=O) groups is 1. The Hall–Kier alpha value is -2.73. The third-order valence-corrected chi connectivity index (χ3v) is 5.56. The number of nitrogens with zero attached hydrogens (tertiary/aromatic N) is 2. The van der Waals surface area contributed by atoms with Gasteiger partial charge in [0.05, 0.1) is 12.3 Å². The highest BCUT2D eigenvalue weighted by molar-refractivity contribution is 5.94. The average Bonchev–Trinajstić information content (AvgIpc) is 3.15. The van der Waals surface area contributed by atoms with Gasteiger partial charge in [0.2, 0.25) is 0 Å². The number of fused-ring (bicyclic) bond motifs is 1. The minimum Gasteiger partial charge on any atom is -0.494 e. The molecule has 0 radical (unpaired) electrons. The van der Waals surface area contributed by atoms with Crippen LogP contribution in [0.3, 0.4) is 0 Å². The van der Waals surface area contributed by atoms with Crippen molar-refractivity contribution in [2.24, 2.45) is 0 Å². The van der Waals surface area contributed by atoms with Crippen molar-refractivity contribution in [2.45, 2.75) is 32.1 Å². The average molecular weight is 396 g/mol. The first-order valence-corrected chi connectivity index (χ1v) is 10.1. The number of hydrogen-bond acceptors (Lipinski definition) is 5. The molecule has 2 heterocycles. The van der Waals surface area contributed by atoms with Gasteiger partial charge in [-0.15, -0.1) is 0 Å². The molecular formula is C23H25FN2O3. The fraction of sp³-hybridized carbons (Fsp3) is 0.391. The number of piperidine rings is 1. The first-order chi connectivity index (χ1) is 14.1. The molecule has 6 heteroatoms. The van der Waals surface area contributed by atoms with Crippen LogP contribution in [0.1, 0.15) is 48.2 Å². The van der Waals surface area contributed by atoms with E-state index in [1.807, 2.05) is 12.1 Å². The summed E-state index contributed by atoms with van der Waals surface area (Å²) in [6, 6.07) is 11.9. The van der Waals surface area contributed by atoms with Gasteiger partial charge in [-0.2, -0.15) is 0 Å². The van der Waals surface area contributed by atoms with Crippen LogP contribution in [0.5, 0.6) is 5.75 Å². The summed E-state index contributed by atoms with van der Waals surface area (Å²) in [4.78, 5) is 13.9. The summed E-state index contributed by atoms with van der Waals surface area (Å²) in [5.41, 5.74) is 2.15. The van der Waals surface area contributed by atoms with Crippen LogP contribution in [0, 0.1) is 5.82 Å². The second-order valence-corrected chi connectivity index (χ2v) is 7.61. The maximum absolute atomic E-state index is 13.3. The third kappa shape index (κ3) is 4.65. The van der Waals surface area contributed by atoms with Gasteiger partial charge in [-0.05, 0) is 63.5 Å². The highest BCUT2D eigenvalue weighted by Gasteiger charge is 2.24. The molecule has 0 bridgehead atoms. The largest absolute Gasteiger partial charge is 0.494 e. The number of aromatic nitrogens is 1. The lowest BCUT2D eigenvalue weighted by Gasteiger charge is -2.31. The SMILES string of the molecule is CC(=O)c1cccc(OCCCN2CCC(c3noc4cc(F)ccc34)CC2)c1. The van der Waals surface area contributed by atoms with E-state index in [0.29, 0.717) is 23.7 Å². The Morgan fingerprint density at radius 3 is 2.86 bits per heavy atom. The Bertz CT molecular complexity index is 993. The van der Waals surface area contributed by atoms with E-state index in [-0.39, 0.29) is 11.6 Å². The van der Waals surface area contributed by atoms with E-state index in [0.717, 1.165) is 55.7 Å². The van der Waals surface area contributed by atoms with Crippen molar-refractivity contribution in [3.05, 3.63) is 59.5 Å². The van der Waals surface area contributed by atoms with Crippen LogP contribution in [0.25, 0.3) is 11.0 Å². The molecule has 1 aliphatic heterocycles. The van der Waals surface area contributed by atoms with E-state index in [1.165, 1.54) is 12.1 Å². The molecule has 0 N–H and O–H groups in total. The van der Waals surface area contributed by atoms with Crippen molar-refractivity contribution >= 4 is 16.8 Å². The molecular weight excluding hydrogens is 371 g/mol. The molecule has 0 atom stereocenters. The summed E-state index contributed by atoms with van der Waals surface area (Å²) in [6.07, 6.45) is 2.96. The van der Waals surface area contributed by atoms with Crippen LogP contribution < -0.4 is 4.74 Å². The number of ketones is 1. The molecule has 0 spiro atoms. The molecule has 1 aromatic heterocycles. The normalized spacial score (nSPS) is 15.7. The molecule has 152 valence electrons. The van der Waals surface area contributed by atoms with Crippen molar-refractivity contribution < 1.29 is 18.4 Å². The maximum Gasteiger partial charge on any atom is 0.170 e. The molecule has 3 aromatic rings. The van der Waals surface area contributed by atoms with Gasteiger partial charge in [0.15, 0.2) is 11.4 Å². The number of halogens is 1. The van der Waals surface area contributed by atoms with Crippen molar-refractivity contribution in [1.82, 2.24) is 10.1 Å². The second-order valence-electron chi connectivity index (χ2n) is 7.61. The lowest BCUT2D eigenvalue weighted by atomic mass is 9.91. The Kier molecular flexibility index (Phi) is 5.90. The zero-order valence-electron chi connectivity index (χ0n) is 16.6. The zero-order valence-corrected chi connectivity index (χ0v) is 16.6. The van der Waals surface area contributed by atoms with Crippen molar-refractivity contribution in [2.75, 3.05) is 26.2 Å². The minimum absolute atomic E-state index is 0.0448. The van der Waals surface area contributed by atoms with E-state index in [1.54, 1.807) is 25.1 Å². The third-order valence-electron chi connectivity index (χ3n) is 5.56. The number of rotatable bonds is 7. The van der Waals surface area contributed by atoms with E-state index >= 15 is 0 Å². The smallest absolute Gasteiger partial charge is 0.170 e. The van der Waals surface area contributed by atoms with Crippen LogP contribution >= 0.6 is 0 Å². The molecule has 1 saturated heterocycles. The molecule has 0 aliphatic carbocycles. The van der Waals surface area contributed by atoms with Gasteiger partial charge in [0.1, 0.15) is 11.6 Å². The van der Waals surface area contributed by atoms with Gasteiger partial charge < -0.3 is 14.2 Å². The molecule has 5 nitrogen and oxygen atoms in total. The highest BCUT2D eigenvalue weighted by atomic mass is 19.1. The first kappa shape index (κ1) is 19.6.